The van der Waals surface area contributed by atoms with Crippen molar-refractivity contribution in [2.24, 2.45) is 0 Å². The molecule has 92 valence electrons. The van der Waals surface area contributed by atoms with Crippen LogP contribution in [0.25, 0.3) is 0 Å². The molecule has 0 fully saturated rings. The van der Waals surface area contributed by atoms with Gasteiger partial charge in [-0.1, -0.05) is 25.6 Å². The predicted octanol–water partition coefficient (Wildman–Crippen LogP) is 4.54. The lowest BCUT2D eigenvalue weighted by Crippen LogP contribution is -2.16. The zero-order chi connectivity index (χ0) is 13.3. The standard InChI is InChI=1S/C12H12F3ISi/c1-17(2,3)7-6-9-4-5-10(16)8-11(9)12(13,14)15/h4-5,8H,1-3H3. The van der Waals surface area contributed by atoms with E-state index in [-0.39, 0.29) is 5.56 Å². The molecule has 0 unspecified atom stereocenters. The molecule has 0 spiro atoms. The highest BCUT2D eigenvalue weighted by molar-refractivity contribution is 14.1. The van der Waals surface area contributed by atoms with Crippen LogP contribution in [0.4, 0.5) is 13.2 Å². The molecule has 0 N–H and O–H groups in total. The highest BCUT2D eigenvalue weighted by Gasteiger charge is 2.33. The number of hydrogen-bond donors (Lipinski definition) is 0. The average molecular weight is 368 g/mol. The molecule has 5 heteroatoms. The Kier molecular flexibility index (Phi) is 4.31. The van der Waals surface area contributed by atoms with E-state index in [0.29, 0.717) is 3.57 Å². The Morgan fingerprint density at radius 2 is 1.76 bits per heavy atom. The third-order valence-corrected chi connectivity index (χ3v) is 3.41. The van der Waals surface area contributed by atoms with Crippen LogP contribution in [0.3, 0.4) is 0 Å². The van der Waals surface area contributed by atoms with Gasteiger partial charge in [0.2, 0.25) is 0 Å². The van der Waals surface area contributed by atoms with E-state index in [0.717, 1.165) is 6.07 Å². The van der Waals surface area contributed by atoms with E-state index >= 15 is 0 Å². The molecule has 0 aliphatic carbocycles. The van der Waals surface area contributed by atoms with Crippen molar-refractivity contribution in [1.29, 1.82) is 0 Å². The van der Waals surface area contributed by atoms with E-state index in [1.807, 2.05) is 42.2 Å². The van der Waals surface area contributed by atoms with Gasteiger partial charge in [0, 0.05) is 9.13 Å². The number of benzene rings is 1. The maximum absolute atomic E-state index is 12.8. The van der Waals surface area contributed by atoms with Crippen molar-refractivity contribution >= 4 is 30.7 Å². The summed E-state index contributed by atoms with van der Waals surface area (Å²) >= 11 is 1.87. The highest BCUT2D eigenvalue weighted by atomic mass is 127. The first-order valence-electron chi connectivity index (χ1n) is 4.99. The van der Waals surface area contributed by atoms with Crippen LogP contribution in [0, 0.1) is 15.0 Å². The molecule has 17 heavy (non-hydrogen) atoms. The maximum Gasteiger partial charge on any atom is 0.417 e. The zero-order valence-electron chi connectivity index (χ0n) is 9.74. The summed E-state index contributed by atoms with van der Waals surface area (Å²) in [7, 11) is -1.67. The van der Waals surface area contributed by atoms with Crippen LogP contribution in [0.15, 0.2) is 18.2 Å². The summed E-state index contributed by atoms with van der Waals surface area (Å²) < 4.78 is 38.9. The Bertz CT molecular complexity index is 475. The fraction of sp³-hybridized carbons (Fsp3) is 0.333. The maximum atomic E-state index is 12.8. The summed E-state index contributed by atoms with van der Waals surface area (Å²) in [6.45, 7) is 6.00. The molecule has 0 aliphatic rings. The van der Waals surface area contributed by atoms with E-state index < -0.39 is 19.8 Å². The molecule has 0 radical (unpaired) electrons. The van der Waals surface area contributed by atoms with E-state index in [1.165, 1.54) is 6.07 Å². The molecule has 0 aromatic heterocycles. The molecule has 0 heterocycles. The summed E-state index contributed by atoms with van der Waals surface area (Å²) in [4.78, 5) is 0. The molecule has 0 saturated carbocycles. The van der Waals surface area contributed by atoms with Gasteiger partial charge in [0.25, 0.3) is 0 Å². The van der Waals surface area contributed by atoms with Crippen molar-refractivity contribution < 1.29 is 13.2 Å². The first kappa shape index (κ1) is 14.6. The topological polar surface area (TPSA) is 0 Å². The fourth-order valence-electron chi connectivity index (χ4n) is 1.11. The minimum absolute atomic E-state index is 0.0698. The van der Waals surface area contributed by atoms with Crippen LogP contribution in [-0.4, -0.2) is 8.07 Å². The van der Waals surface area contributed by atoms with Crippen LogP contribution >= 0.6 is 22.6 Å². The van der Waals surface area contributed by atoms with Gasteiger partial charge in [-0.15, -0.1) is 5.54 Å². The molecule has 0 saturated heterocycles. The van der Waals surface area contributed by atoms with Crippen molar-refractivity contribution in [2.45, 2.75) is 25.8 Å². The van der Waals surface area contributed by atoms with Gasteiger partial charge in [0.1, 0.15) is 8.07 Å². The number of halogens is 4. The van der Waals surface area contributed by atoms with Gasteiger partial charge in [-0.3, -0.25) is 0 Å². The highest BCUT2D eigenvalue weighted by Crippen LogP contribution is 2.32. The molecule has 1 rings (SSSR count). The minimum atomic E-state index is -4.34. The van der Waals surface area contributed by atoms with Gasteiger partial charge in [-0.25, -0.2) is 0 Å². The van der Waals surface area contributed by atoms with E-state index in [2.05, 4.69) is 11.5 Å². The largest absolute Gasteiger partial charge is 0.417 e. The minimum Gasteiger partial charge on any atom is -0.166 e. The molecule has 1 aromatic rings. The van der Waals surface area contributed by atoms with Crippen LogP contribution in [0.1, 0.15) is 11.1 Å². The Balaban J connectivity index is 3.29. The molecule has 0 bridgehead atoms. The number of hydrogen-bond acceptors (Lipinski definition) is 0. The molecular weight excluding hydrogens is 356 g/mol. The fourth-order valence-corrected chi connectivity index (χ4v) is 2.12. The Morgan fingerprint density at radius 3 is 2.24 bits per heavy atom. The van der Waals surface area contributed by atoms with Crippen LogP contribution in [-0.2, 0) is 6.18 Å². The van der Waals surface area contributed by atoms with Crippen LogP contribution < -0.4 is 0 Å². The Morgan fingerprint density at radius 1 is 1.18 bits per heavy atom. The summed E-state index contributed by atoms with van der Waals surface area (Å²) in [6.07, 6.45) is -4.34. The lowest BCUT2D eigenvalue weighted by atomic mass is 10.1. The normalized spacial score (nSPS) is 11.9. The predicted molar refractivity (Wildman–Crippen MR) is 74.4 cm³/mol. The van der Waals surface area contributed by atoms with E-state index in [4.69, 9.17) is 0 Å². The summed E-state index contributed by atoms with van der Waals surface area (Å²) in [5.41, 5.74) is 2.38. The summed E-state index contributed by atoms with van der Waals surface area (Å²) in [5.74, 6) is 2.68. The van der Waals surface area contributed by atoms with E-state index in [1.54, 1.807) is 6.07 Å². The smallest absolute Gasteiger partial charge is 0.166 e. The van der Waals surface area contributed by atoms with Crippen LogP contribution in [0.2, 0.25) is 19.6 Å². The van der Waals surface area contributed by atoms with Crippen molar-refractivity contribution in [2.75, 3.05) is 0 Å². The molecule has 1 aromatic carbocycles. The third kappa shape index (κ3) is 4.72. The van der Waals surface area contributed by atoms with Crippen LogP contribution in [0.5, 0.6) is 0 Å². The summed E-state index contributed by atoms with van der Waals surface area (Å²) in [5, 5.41) is 0. The van der Waals surface area contributed by atoms with Gasteiger partial charge >= 0.3 is 6.18 Å². The van der Waals surface area contributed by atoms with Crippen molar-refractivity contribution in [3.8, 4) is 11.5 Å². The summed E-state index contributed by atoms with van der Waals surface area (Å²) in [6, 6.07) is 4.22. The average Bonchev–Trinajstić information content (AvgIpc) is 2.13. The first-order chi connectivity index (χ1) is 7.59. The quantitative estimate of drug-likeness (QED) is 0.358. The van der Waals surface area contributed by atoms with E-state index in [9.17, 15) is 13.2 Å². The van der Waals surface area contributed by atoms with Gasteiger partial charge in [-0.2, -0.15) is 13.2 Å². The Labute approximate surface area is 114 Å². The monoisotopic (exact) mass is 368 g/mol. The molecular formula is C12H12F3ISi. The lowest BCUT2D eigenvalue weighted by Gasteiger charge is -2.10. The lowest BCUT2D eigenvalue weighted by molar-refractivity contribution is -0.137. The third-order valence-electron chi connectivity index (χ3n) is 1.86. The van der Waals surface area contributed by atoms with Gasteiger partial charge < -0.3 is 0 Å². The molecule has 0 amide bonds. The van der Waals surface area contributed by atoms with Gasteiger partial charge in [0.15, 0.2) is 0 Å². The Hall–Kier alpha value is -0.483. The molecule has 0 atom stereocenters. The second-order valence-corrected chi connectivity index (χ2v) is 10.7. The zero-order valence-corrected chi connectivity index (χ0v) is 12.9. The number of rotatable bonds is 0. The van der Waals surface area contributed by atoms with Crippen molar-refractivity contribution in [1.82, 2.24) is 0 Å². The van der Waals surface area contributed by atoms with Gasteiger partial charge in [0.05, 0.1) is 5.56 Å². The van der Waals surface area contributed by atoms with Gasteiger partial charge in [-0.05, 0) is 40.8 Å². The molecule has 0 aliphatic heterocycles. The SMILES string of the molecule is C[Si](C)(C)C#Cc1ccc(I)cc1C(F)(F)F. The van der Waals surface area contributed by atoms with Crippen molar-refractivity contribution in [3.63, 3.8) is 0 Å². The molecule has 0 nitrogen and oxygen atoms in total. The second-order valence-electron chi connectivity index (χ2n) is 4.69. The number of alkyl halides is 3. The second kappa shape index (κ2) is 5.02. The first-order valence-corrected chi connectivity index (χ1v) is 9.57. The van der Waals surface area contributed by atoms with Crippen molar-refractivity contribution in [3.05, 3.63) is 32.9 Å².